The summed E-state index contributed by atoms with van der Waals surface area (Å²) in [7, 11) is -4.02. The fourth-order valence-corrected chi connectivity index (χ4v) is 4.31. The largest absolute Gasteiger partial charge is 0.293 e. The Morgan fingerprint density at radius 1 is 1.08 bits per heavy atom. The van der Waals surface area contributed by atoms with Gasteiger partial charge in [0.1, 0.15) is 0 Å². The van der Waals surface area contributed by atoms with E-state index in [2.05, 4.69) is 4.98 Å². The molecule has 128 valence electrons. The van der Waals surface area contributed by atoms with E-state index in [4.69, 9.17) is 0 Å². The summed E-state index contributed by atoms with van der Waals surface area (Å²) < 4.78 is 27.0. The average Bonchev–Trinajstić information content (AvgIpc) is 3.13. The minimum atomic E-state index is -4.02. The Kier molecular flexibility index (Phi) is 4.91. The first-order valence-electron chi connectivity index (χ1n) is 7.42. The first-order valence-corrected chi connectivity index (χ1v) is 9.79. The number of nitrogens with one attached hydrogen (secondary N) is 1. The zero-order chi connectivity index (χ0) is 17.9. The number of amides is 1. The highest BCUT2D eigenvalue weighted by Crippen LogP contribution is 2.22. The van der Waals surface area contributed by atoms with Gasteiger partial charge in [-0.25, -0.2) is 13.1 Å². The van der Waals surface area contributed by atoms with E-state index in [-0.39, 0.29) is 23.5 Å². The molecule has 0 aliphatic carbocycles. The molecule has 0 unspecified atom stereocenters. The summed E-state index contributed by atoms with van der Waals surface area (Å²) in [6.07, 6.45) is 2.81. The minimum Gasteiger partial charge on any atom is -0.293 e. The molecule has 1 N–H and O–H groups in total. The van der Waals surface area contributed by atoms with E-state index >= 15 is 0 Å². The van der Waals surface area contributed by atoms with Crippen molar-refractivity contribution in [2.75, 3.05) is 0 Å². The number of nitrogens with zero attached hydrogens (tertiary/aromatic N) is 1. The highest BCUT2D eigenvalue weighted by atomic mass is 32.2. The van der Waals surface area contributed by atoms with Crippen molar-refractivity contribution < 1.29 is 18.0 Å². The third kappa shape index (κ3) is 3.92. The van der Waals surface area contributed by atoms with Crippen LogP contribution in [0.1, 0.15) is 22.5 Å². The van der Waals surface area contributed by atoms with Crippen molar-refractivity contribution in [3.05, 3.63) is 59.0 Å². The number of carbonyl (C=O) groups is 2. The van der Waals surface area contributed by atoms with E-state index in [1.54, 1.807) is 41.9 Å². The molecule has 0 saturated heterocycles. The van der Waals surface area contributed by atoms with E-state index in [1.807, 2.05) is 4.72 Å². The molecule has 0 bridgehead atoms. The Labute approximate surface area is 148 Å². The Morgan fingerprint density at radius 2 is 1.92 bits per heavy atom. The Balaban J connectivity index is 1.72. The zero-order valence-electron chi connectivity index (χ0n) is 13.0. The second-order valence-electron chi connectivity index (χ2n) is 5.28. The van der Waals surface area contributed by atoms with Gasteiger partial charge in [0.2, 0.25) is 5.91 Å². The Hall–Kier alpha value is -2.58. The number of fused-ring (bicyclic) bond motifs is 1. The van der Waals surface area contributed by atoms with E-state index in [9.17, 15) is 18.0 Å². The molecule has 6 nitrogen and oxygen atoms in total. The number of hydrogen-bond donors (Lipinski definition) is 1. The normalized spacial score (nSPS) is 11.4. The first-order chi connectivity index (χ1) is 12.0. The third-order valence-corrected chi connectivity index (χ3v) is 5.90. The molecule has 0 atom stereocenters. The third-order valence-electron chi connectivity index (χ3n) is 3.55. The molecule has 3 rings (SSSR count). The van der Waals surface area contributed by atoms with E-state index in [1.165, 1.54) is 23.6 Å². The molecular formula is C17H14N2O4S2. The van der Waals surface area contributed by atoms with Crippen molar-refractivity contribution in [1.82, 2.24) is 9.71 Å². The van der Waals surface area contributed by atoms with Crippen LogP contribution in [0.5, 0.6) is 0 Å². The number of carbonyl (C=O) groups excluding carboxylic acids is 2. The summed E-state index contributed by atoms with van der Waals surface area (Å²) in [5, 5.41) is 2.91. The SMILES string of the molecule is O=C(CCC(=O)c1cccs1)NS(=O)(=O)c1cccc2cnccc12. The van der Waals surface area contributed by atoms with Crippen LogP contribution in [0.25, 0.3) is 10.8 Å². The predicted octanol–water partition coefficient (Wildman–Crippen LogP) is 2.76. The highest BCUT2D eigenvalue weighted by molar-refractivity contribution is 7.90. The number of pyridine rings is 1. The Morgan fingerprint density at radius 3 is 2.68 bits per heavy atom. The molecule has 0 spiro atoms. The number of thiophene rings is 1. The molecule has 0 saturated carbocycles. The fraction of sp³-hybridized carbons (Fsp3) is 0.118. The summed E-state index contributed by atoms with van der Waals surface area (Å²) in [4.78, 5) is 28.4. The van der Waals surface area contributed by atoms with Gasteiger partial charge in [-0.15, -0.1) is 11.3 Å². The number of benzene rings is 1. The van der Waals surface area contributed by atoms with Crippen LogP contribution >= 0.6 is 11.3 Å². The number of Topliss-reactive ketones (excluding diaryl/α,β-unsaturated/α-hetero) is 1. The first kappa shape index (κ1) is 17.2. The van der Waals surface area contributed by atoms with Crippen LogP contribution in [0, 0.1) is 0 Å². The smallest absolute Gasteiger partial charge is 0.264 e. The van der Waals surface area contributed by atoms with Crippen molar-refractivity contribution in [3.8, 4) is 0 Å². The van der Waals surface area contributed by atoms with Gasteiger partial charge in [0, 0.05) is 36.0 Å². The lowest BCUT2D eigenvalue weighted by atomic mass is 10.2. The molecule has 1 aromatic carbocycles. The summed E-state index contributed by atoms with van der Waals surface area (Å²) in [6, 6.07) is 9.75. The van der Waals surface area contributed by atoms with Gasteiger partial charge in [-0.05, 0) is 23.6 Å². The van der Waals surface area contributed by atoms with Crippen LogP contribution in [0.4, 0.5) is 0 Å². The van der Waals surface area contributed by atoms with Gasteiger partial charge in [-0.2, -0.15) is 0 Å². The predicted molar refractivity (Wildman–Crippen MR) is 95.0 cm³/mol. The number of aromatic nitrogens is 1. The molecule has 1 amide bonds. The van der Waals surface area contributed by atoms with Crippen molar-refractivity contribution >= 4 is 43.8 Å². The van der Waals surface area contributed by atoms with Gasteiger partial charge in [0.05, 0.1) is 9.77 Å². The van der Waals surface area contributed by atoms with Crippen LogP contribution in [0.2, 0.25) is 0 Å². The standard InChI is InChI=1S/C17H14N2O4S2/c20-14(15-4-2-10-24-15)6-7-17(21)19-25(22,23)16-5-1-3-12-11-18-9-8-13(12)16/h1-5,8-11H,6-7H2,(H,19,21). The van der Waals surface area contributed by atoms with Gasteiger partial charge < -0.3 is 0 Å². The molecule has 25 heavy (non-hydrogen) atoms. The van der Waals surface area contributed by atoms with Crippen molar-refractivity contribution in [3.63, 3.8) is 0 Å². The van der Waals surface area contributed by atoms with Crippen molar-refractivity contribution in [1.29, 1.82) is 0 Å². The quantitative estimate of drug-likeness (QED) is 0.670. The Bertz CT molecular complexity index is 1020. The second kappa shape index (κ2) is 7.12. The maximum absolute atomic E-state index is 12.5. The maximum atomic E-state index is 12.5. The van der Waals surface area contributed by atoms with E-state index < -0.39 is 15.9 Å². The lowest BCUT2D eigenvalue weighted by molar-refractivity contribution is -0.119. The molecule has 2 aromatic heterocycles. The lowest BCUT2D eigenvalue weighted by Gasteiger charge is -2.09. The van der Waals surface area contributed by atoms with Gasteiger partial charge in [0.25, 0.3) is 10.0 Å². The highest BCUT2D eigenvalue weighted by Gasteiger charge is 2.20. The molecule has 2 heterocycles. The zero-order valence-corrected chi connectivity index (χ0v) is 14.6. The van der Waals surface area contributed by atoms with Gasteiger partial charge in [0.15, 0.2) is 5.78 Å². The topological polar surface area (TPSA) is 93.2 Å². The maximum Gasteiger partial charge on any atom is 0.264 e. The van der Waals surface area contributed by atoms with Crippen LogP contribution in [-0.4, -0.2) is 25.1 Å². The summed E-state index contributed by atoms with van der Waals surface area (Å²) >= 11 is 1.29. The van der Waals surface area contributed by atoms with Crippen LogP contribution in [0.15, 0.2) is 59.1 Å². The molecule has 0 aliphatic heterocycles. The molecule has 0 fully saturated rings. The molecule has 0 radical (unpaired) electrons. The van der Waals surface area contributed by atoms with Crippen LogP contribution in [-0.2, 0) is 14.8 Å². The molecular weight excluding hydrogens is 360 g/mol. The number of ketones is 1. The van der Waals surface area contributed by atoms with Crippen molar-refractivity contribution in [2.45, 2.75) is 17.7 Å². The number of rotatable bonds is 6. The van der Waals surface area contributed by atoms with Gasteiger partial charge in [-0.1, -0.05) is 18.2 Å². The van der Waals surface area contributed by atoms with Gasteiger partial charge in [-0.3, -0.25) is 14.6 Å². The van der Waals surface area contributed by atoms with Crippen molar-refractivity contribution in [2.24, 2.45) is 0 Å². The minimum absolute atomic E-state index is 0.00494. The summed E-state index contributed by atoms with van der Waals surface area (Å²) in [6.45, 7) is 0. The monoisotopic (exact) mass is 374 g/mol. The van der Waals surface area contributed by atoms with E-state index in [0.717, 1.165) is 0 Å². The molecule has 0 aliphatic rings. The van der Waals surface area contributed by atoms with Crippen LogP contribution < -0.4 is 4.72 Å². The summed E-state index contributed by atoms with van der Waals surface area (Å²) in [5.74, 6) is -0.894. The number of sulfonamides is 1. The number of hydrogen-bond acceptors (Lipinski definition) is 6. The lowest BCUT2D eigenvalue weighted by Crippen LogP contribution is -2.30. The summed E-state index contributed by atoms with van der Waals surface area (Å²) in [5.41, 5.74) is 0. The fourth-order valence-electron chi connectivity index (χ4n) is 2.37. The average molecular weight is 374 g/mol. The van der Waals surface area contributed by atoms with Gasteiger partial charge >= 0.3 is 0 Å². The van der Waals surface area contributed by atoms with E-state index in [0.29, 0.717) is 15.6 Å². The second-order valence-corrected chi connectivity index (χ2v) is 7.88. The molecule has 8 heteroatoms. The molecule has 3 aromatic rings. The van der Waals surface area contributed by atoms with Crippen LogP contribution in [0.3, 0.4) is 0 Å².